The van der Waals surface area contributed by atoms with Crippen LogP contribution >= 0.6 is 0 Å². The summed E-state index contributed by atoms with van der Waals surface area (Å²) in [5.74, 6) is 0.118. The molecule has 4 aliphatic rings. The Labute approximate surface area is 172 Å². The third-order valence-corrected chi connectivity index (χ3v) is 8.22. The zero-order chi connectivity index (χ0) is 21.4. The van der Waals surface area contributed by atoms with E-state index in [2.05, 4.69) is 20.8 Å². The van der Waals surface area contributed by atoms with Crippen molar-refractivity contribution in [2.45, 2.75) is 91.5 Å². The maximum absolute atomic E-state index is 13.5. The lowest BCUT2D eigenvalue weighted by Gasteiger charge is -2.63. The maximum atomic E-state index is 13.5. The Bertz CT molecular complexity index is 810. The third kappa shape index (κ3) is 2.85. The van der Waals surface area contributed by atoms with E-state index in [0.717, 1.165) is 12.8 Å². The number of fused-ring (bicyclic) bond motifs is 3. The van der Waals surface area contributed by atoms with E-state index >= 15 is 0 Å². The molecule has 2 aliphatic carbocycles. The number of Topliss-reactive ketones (excluding diaryl/α,β-unsaturated/α-hetero) is 2. The summed E-state index contributed by atoms with van der Waals surface area (Å²) in [4.78, 5) is 37.9. The number of ketones is 2. The number of hydrogen-bond acceptors (Lipinski definition) is 6. The van der Waals surface area contributed by atoms with E-state index in [-0.39, 0.29) is 47.3 Å². The van der Waals surface area contributed by atoms with E-state index < -0.39 is 17.1 Å². The summed E-state index contributed by atoms with van der Waals surface area (Å²) in [6, 6.07) is 0. The minimum Gasteiger partial charge on any atom is -0.462 e. The number of carbonyl (C=O) groups is 3. The van der Waals surface area contributed by atoms with E-state index in [1.807, 2.05) is 13.8 Å². The molecule has 0 bridgehead atoms. The quantitative estimate of drug-likeness (QED) is 0.620. The number of esters is 1. The van der Waals surface area contributed by atoms with Gasteiger partial charge >= 0.3 is 5.97 Å². The molecule has 0 aromatic carbocycles. The van der Waals surface area contributed by atoms with Crippen molar-refractivity contribution in [1.82, 2.24) is 0 Å². The summed E-state index contributed by atoms with van der Waals surface area (Å²) in [6.45, 7) is 11.6. The second-order valence-electron chi connectivity index (χ2n) is 10.4. The fraction of sp³-hybridized carbons (Fsp3) is 0.783. The summed E-state index contributed by atoms with van der Waals surface area (Å²) in [7, 11) is 0. The average Bonchev–Trinajstić information content (AvgIpc) is 2.57. The summed E-state index contributed by atoms with van der Waals surface area (Å²) < 4.78 is 17.8. The molecule has 2 saturated carbocycles. The molecule has 0 spiro atoms. The van der Waals surface area contributed by atoms with Crippen molar-refractivity contribution in [2.75, 3.05) is 0 Å². The van der Waals surface area contributed by atoms with Crippen LogP contribution < -0.4 is 0 Å². The molecule has 0 radical (unpaired) electrons. The van der Waals surface area contributed by atoms with Gasteiger partial charge in [0.1, 0.15) is 23.6 Å². The van der Waals surface area contributed by atoms with Crippen molar-refractivity contribution in [3.8, 4) is 0 Å². The van der Waals surface area contributed by atoms with Crippen molar-refractivity contribution in [1.29, 1.82) is 0 Å². The molecule has 2 heterocycles. The minimum absolute atomic E-state index is 0.0444. The van der Waals surface area contributed by atoms with Crippen LogP contribution in [0, 0.1) is 22.7 Å². The number of carbonyl (C=O) groups excluding carboxylic acids is 3. The molecule has 6 nitrogen and oxygen atoms in total. The van der Waals surface area contributed by atoms with Crippen molar-refractivity contribution in [3.63, 3.8) is 0 Å². The molecular formula is C23H32O6. The van der Waals surface area contributed by atoms with E-state index in [1.165, 1.54) is 6.92 Å². The van der Waals surface area contributed by atoms with Crippen LogP contribution in [0.25, 0.3) is 0 Å². The monoisotopic (exact) mass is 404 g/mol. The Morgan fingerprint density at radius 2 is 1.76 bits per heavy atom. The molecule has 0 aromatic heterocycles. The van der Waals surface area contributed by atoms with Gasteiger partial charge in [-0.25, -0.2) is 0 Å². The van der Waals surface area contributed by atoms with Crippen LogP contribution in [0.2, 0.25) is 0 Å². The van der Waals surface area contributed by atoms with Gasteiger partial charge in [-0.2, -0.15) is 0 Å². The van der Waals surface area contributed by atoms with Crippen molar-refractivity contribution < 1.29 is 28.6 Å². The molecule has 6 heteroatoms. The molecule has 0 amide bonds. The highest BCUT2D eigenvalue weighted by Crippen LogP contribution is 2.64. The van der Waals surface area contributed by atoms with Gasteiger partial charge in [0.2, 0.25) is 0 Å². The van der Waals surface area contributed by atoms with Crippen LogP contribution in [0.1, 0.15) is 73.6 Å². The van der Waals surface area contributed by atoms with Crippen molar-refractivity contribution in [3.05, 3.63) is 11.5 Å². The summed E-state index contributed by atoms with van der Waals surface area (Å²) in [5.41, 5.74) is -0.942. The van der Waals surface area contributed by atoms with Gasteiger partial charge in [0.05, 0.1) is 5.57 Å². The van der Waals surface area contributed by atoms with Gasteiger partial charge < -0.3 is 14.2 Å². The Hall–Kier alpha value is -1.85. The van der Waals surface area contributed by atoms with Crippen LogP contribution in [0.4, 0.5) is 0 Å². The van der Waals surface area contributed by atoms with Crippen LogP contribution in [-0.2, 0) is 28.6 Å². The third-order valence-electron chi connectivity index (χ3n) is 8.22. The van der Waals surface area contributed by atoms with Crippen LogP contribution in [0.5, 0.6) is 0 Å². The smallest absolute Gasteiger partial charge is 0.302 e. The first-order valence-electron chi connectivity index (χ1n) is 10.7. The molecule has 29 heavy (non-hydrogen) atoms. The second kappa shape index (κ2) is 6.32. The number of ether oxygens (including phenoxy) is 3. The van der Waals surface area contributed by atoms with E-state index in [9.17, 15) is 14.4 Å². The fourth-order valence-corrected chi connectivity index (χ4v) is 6.63. The largest absolute Gasteiger partial charge is 0.462 e. The first kappa shape index (κ1) is 20.4. The molecule has 0 aromatic rings. The van der Waals surface area contributed by atoms with Gasteiger partial charge in [-0.3, -0.25) is 14.4 Å². The molecule has 0 saturated heterocycles. The Morgan fingerprint density at radius 1 is 1.07 bits per heavy atom. The lowest BCUT2D eigenvalue weighted by atomic mass is 9.43. The van der Waals surface area contributed by atoms with Crippen LogP contribution in [0.15, 0.2) is 11.5 Å². The normalized spacial score (nSPS) is 43.4. The van der Waals surface area contributed by atoms with Gasteiger partial charge in [0.25, 0.3) is 5.95 Å². The summed E-state index contributed by atoms with van der Waals surface area (Å²) in [5, 5.41) is 0. The first-order valence-corrected chi connectivity index (χ1v) is 10.7. The average molecular weight is 405 g/mol. The van der Waals surface area contributed by atoms with E-state index in [0.29, 0.717) is 24.4 Å². The predicted molar refractivity (Wildman–Crippen MR) is 105 cm³/mol. The van der Waals surface area contributed by atoms with Crippen molar-refractivity contribution in [2.24, 2.45) is 22.7 Å². The molecule has 6 atom stereocenters. The maximum Gasteiger partial charge on any atom is 0.302 e. The second-order valence-corrected chi connectivity index (χ2v) is 10.4. The standard InChI is InChI=1S/C23H32O6/c1-12-9-15(25)14-10-17-22(5,29-20(14)27-12)8-7-16-21(3,4)19(28-13(2)24)11-18(26)23(16,17)6/h12,16-17,19H,7-11H2,1-6H3/t12-,16-,17-,19+,22+,23-/m1/s1. The van der Waals surface area contributed by atoms with Gasteiger partial charge in [0, 0.05) is 36.5 Å². The molecule has 2 fully saturated rings. The predicted octanol–water partition coefficient (Wildman–Crippen LogP) is 3.72. The van der Waals surface area contributed by atoms with E-state index in [4.69, 9.17) is 14.2 Å². The van der Waals surface area contributed by atoms with Crippen molar-refractivity contribution >= 4 is 17.5 Å². The summed E-state index contributed by atoms with van der Waals surface area (Å²) in [6.07, 6.45) is 2.02. The minimum atomic E-state index is -0.644. The Kier molecular flexibility index (Phi) is 4.45. The number of rotatable bonds is 1. The fourth-order valence-electron chi connectivity index (χ4n) is 6.63. The molecule has 0 unspecified atom stereocenters. The highest BCUT2D eigenvalue weighted by atomic mass is 16.7. The van der Waals surface area contributed by atoms with E-state index in [1.54, 1.807) is 0 Å². The van der Waals surface area contributed by atoms with Crippen LogP contribution in [-0.4, -0.2) is 35.3 Å². The summed E-state index contributed by atoms with van der Waals surface area (Å²) >= 11 is 0. The van der Waals surface area contributed by atoms with Crippen LogP contribution in [0.3, 0.4) is 0 Å². The number of hydrogen-bond donors (Lipinski definition) is 0. The Morgan fingerprint density at radius 3 is 2.41 bits per heavy atom. The molecule has 160 valence electrons. The first-order chi connectivity index (χ1) is 13.4. The highest BCUT2D eigenvalue weighted by Gasteiger charge is 2.67. The van der Waals surface area contributed by atoms with Gasteiger partial charge in [0.15, 0.2) is 5.78 Å². The van der Waals surface area contributed by atoms with Gasteiger partial charge in [-0.15, -0.1) is 0 Å². The highest BCUT2D eigenvalue weighted by molar-refractivity contribution is 5.97. The van der Waals surface area contributed by atoms with Gasteiger partial charge in [-0.05, 0) is 39.0 Å². The zero-order valence-corrected chi connectivity index (χ0v) is 18.3. The Balaban J connectivity index is 1.74. The lowest BCUT2D eigenvalue weighted by Crippen LogP contribution is -2.66. The molecule has 4 rings (SSSR count). The number of allylic oxidation sites excluding steroid dienone is 1. The topological polar surface area (TPSA) is 78.9 Å². The molecule has 0 N–H and O–H groups in total. The SMILES string of the molecule is CC(=O)O[C@H]1CC(=O)[C@]2(C)[C@H](CC[C@]3(C)OC4=C(C[C@@H]23)C(=O)C[C@@H](C)O4)C1(C)C. The molecular weight excluding hydrogens is 372 g/mol. The zero-order valence-electron chi connectivity index (χ0n) is 18.3. The van der Waals surface area contributed by atoms with Gasteiger partial charge in [-0.1, -0.05) is 20.8 Å². The molecule has 2 aliphatic heterocycles. The lowest BCUT2D eigenvalue weighted by molar-refractivity contribution is -0.224.